The molecule has 0 spiro atoms. The molecule has 1 atom stereocenters. The van der Waals surface area contributed by atoms with Crippen LogP contribution in [0.15, 0.2) is 72.9 Å². The van der Waals surface area contributed by atoms with Crippen molar-refractivity contribution in [1.82, 2.24) is 15.1 Å². The van der Waals surface area contributed by atoms with Crippen molar-refractivity contribution in [3.8, 4) is 17.0 Å². The zero-order valence-corrected chi connectivity index (χ0v) is 16.7. The monoisotopic (exact) mass is 387 g/mol. The number of aromatic nitrogens is 2. The third kappa shape index (κ3) is 4.31. The average Bonchev–Trinajstić information content (AvgIpc) is 3.21. The van der Waals surface area contributed by atoms with Gasteiger partial charge in [-0.3, -0.25) is 10.00 Å². The molecule has 29 heavy (non-hydrogen) atoms. The minimum absolute atomic E-state index is 0.521. The van der Waals surface area contributed by atoms with Crippen LogP contribution in [0.1, 0.15) is 17.2 Å². The fourth-order valence-corrected chi connectivity index (χ4v) is 3.62. The molecule has 0 fully saturated rings. The highest BCUT2D eigenvalue weighted by Crippen LogP contribution is 2.28. The van der Waals surface area contributed by atoms with E-state index in [0.717, 1.165) is 38.9 Å². The molecule has 5 heteroatoms. The molecule has 0 aliphatic rings. The number of fused-ring (bicyclic) bond motifs is 1. The van der Waals surface area contributed by atoms with Crippen molar-refractivity contribution in [3.05, 3.63) is 84.1 Å². The average molecular weight is 387 g/mol. The van der Waals surface area contributed by atoms with Gasteiger partial charge in [0.05, 0.1) is 25.1 Å². The maximum atomic E-state index is 10.5. The summed E-state index contributed by atoms with van der Waals surface area (Å²) in [5.74, 6) is 0.853. The summed E-state index contributed by atoms with van der Waals surface area (Å²) in [6.45, 7) is 1.24. The van der Waals surface area contributed by atoms with Crippen LogP contribution in [0.5, 0.6) is 5.75 Å². The third-order valence-electron chi connectivity index (χ3n) is 5.16. The van der Waals surface area contributed by atoms with Gasteiger partial charge in [-0.1, -0.05) is 48.5 Å². The van der Waals surface area contributed by atoms with E-state index < -0.39 is 6.10 Å². The van der Waals surface area contributed by atoms with Gasteiger partial charge in [0.2, 0.25) is 0 Å². The molecule has 1 unspecified atom stereocenters. The van der Waals surface area contributed by atoms with Gasteiger partial charge in [0, 0.05) is 24.2 Å². The van der Waals surface area contributed by atoms with E-state index in [4.69, 9.17) is 4.74 Å². The molecule has 0 amide bonds. The van der Waals surface area contributed by atoms with Crippen LogP contribution in [0.2, 0.25) is 0 Å². The number of aromatic amines is 1. The van der Waals surface area contributed by atoms with Crippen molar-refractivity contribution in [3.63, 3.8) is 0 Å². The molecular formula is C24H25N3O2. The fraction of sp³-hybridized carbons (Fsp3) is 0.208. The van der Waals surface area contributed by atoms with Crippen molar-refractivity contribution in [2.45, 2.75) is 12.6 Å². The zero-order chi connectivity index (χ0) is 20.2. The minimum Gasteiger partial charge on any atom is -0.497 e. The van der Waals surface area contributed by atoms with E-state index in [1.54, 1.807) is 7.11 Å². The fourth-order valence-electron chi connectivity index (χ4n) is 3.62. The lowest BCUT2D eigenvalue weighted by molar-refractivity contribution is 0.124. The van der Waals surface area contributed by atoms with Crippen molar-refractivity contribution in [2.24, 2.45) is 0 Å². The summed E-state index contributed by atoms with van der Waals surface area (Å²) in [7, 11) is 3.69. The first kappa shape index (κ1) is 19.2. The second kappa shape index (κ2) is 8.47. The van der Waals surface area contributed by atoms with Crippen LogP contribution in [-0.2, 0) is 6.54 Å². The molecule has 2 N–H and O–H groups in total. The SMILES string of the molecule is COc1ccc2cc(-c3[nH]ncc3CN(C)CC(O)c3ccccc3)ccc2c1. The zero-order valence-electron chi connectivity index (χ0n) is 16.7. The number of ether oxygens (including phenoxy) is 1. The number of hydrogen-bond acceptors (Lipinski definition) is 4. The summed E-state index contributed by atoms with van der Waals surface area (Å²) in [6, 6.07) is 22.2. The Morgan fingerprint density at radius 3 is 2.59 bits per heavy atom. The number of aliphatic hydroxyl groups is 1. The first-order chi connectivity index (χ1) is 14.1. The lowest BCUT2D eigenvalue weighted by Crippen LogP contribution is -2.24. The van der Waals surface area contributed by atoms with Gasteiger partial charge in [-0.2, -0.15) is 5.10 Å². The van der Waals surface area contributed by atoms with E-state index in [1.807, 2.05) is 55.7 Å². The second-order valence-corrected chi connectivity index (χ2v) is 7.32. The van der Waals surface area contributed by atoms with Crippen molar-refractivity contribution < 1.29 is 9.84 Å². The predicted molar refractivity (Wildman–Crippen MR) is 116 cm³/mol. The molecule has 4 aromatic rings. The number of rotatable bonds is 7. The lowest BCUT2D eigenvalue weighted by Gasteiger charge is -2.21. The maximum absolute atomic E-state index is 10.5. The van der Waals surface area contributed by atoms with Gasteiger partial charge in [-0.25, -0.2) is 0 Å². The summed E-state index contributed by atoms with van der Waals surface area (Å²) >= 11 is 0. The Morgan fingerprint density at radius 1 is 1.03 bits per heavy atom. The van der Waals surface area contributed by atoms with E-state index in [-0.39, 0.29) is 0 Å². The smallest absolute Gasteiger partial charge is 0.119 e. The minimum atomic E-state index is -0.521. The molecule has 5 nitrogen and oxygen atoms in total. The Bertz CT molecular complexity index is 1090. The number of hydrogen-bond donors (Lipinski definition) is 2. The summed E-state index contributed by atoms with van der Waals surface area (Å²) in [5.41, 5.74) is 4.12. The van der Waals surface area contributed by atoms with Gasteiger partial charge in [0.15, 0.2) is 0 Å². The molecule has 0 saturated heterocycles. The number of nitrogens with zero attached hydrogens (tertiary/aromatic N) is 2. The largest absolute Gasteiger partial charge is 0.497 e. The van der Waals surface area contributed by atoms with Crippen LogP contribution in [0.3, 0.4) is 0 Å². The Morgan fingerprint density at radius 2 is 1.79 bits per heavy atom. The van der Waals surface area contributed by atoms with Gasteiger partial charge >= 0.3 is 0 Å². The number of H-pyrrole nitrogens is 1. The Labute approximate surface area is 170 Å². The van der Waals surface area contributed by atoms with Crippen LogP contribution >= 0.6 is 0 Å². The van der Waals surface area contributed by atoms with E-state index in [9.17, 15) is 5.11 Å². The van der Waals surface area contributed by atoms with Gasteiger partial charge < -0.3 is 9.84 Å². The predicted octanol–water partition coefficient (Wildman–Crippen LogP) is 4.40. The second-order valence-electron chi connectivity index (χ2n) is 7.32. The highest BCUT2D eigenvalue weighted by Gasteiger charge is 2.14. The third-order valence-corrected chi connectivity index (χ3v) is 5.16. The maximum Gasteiger partial charge on any atom is 0.119 e. The van der Waals surface area contributed by atoms with Gasteiger partial charge in [0.1, 0.15) is 5.75 Å². The van der Waals surface area contributed by atoms with Crippen molar-refractivity contribution >= 4 is 10.8 Å². The van der Waals surface area contributed by atoms with Gasteiger partial charge in [-0.05, 0) is 41.6 Å². The molecule has 1 aromatic heterocycles. The van der Waals surface area contributed by atoms with Crippen LogP contribution in [-0.4, -0.2) is 40.9 Å². The Kier molecular flexibility index (Phi) is 5.60. The molecule has 0 aliphatic carbocycles. The first-order valence-electron chi connectivity index (χ1n) is 9.66. The molecule has 3 aromatic carbocycles. The van der Waals surface area contributed by atoms with E-state index in [2.05, 4.69) is 39.4 Å². The Balaban J connectivity index is 1.51. The molecule has 4 rings (SSSR count). The molecule has 0 bridgehead atoms. The number of aliphatic hydroxyl groups excluding tert-OH is 1. The Hall–Kier alpha value is -3.15. The van der Waals surface area contributed by atoms with Crippen molar-refractivity contribution in [2.75, 3.05) is 20.7 Å². The van der Waals surface area contributed by atoms with E-state index in [0.29, 0.717) is 13.1 Å². The first-order valence-corrected chi connectivity index (χ1v) is 9.66. The van der Waals surface area contributed by atoms with Crippen LogP contribution < -0.4 is 4.74 Å². The molecule has 148 valence electrons. The number of methoxy groups -OCH3 is 1. The topological polar surface area (TPSA) is 61.4 Å². The van der Waals surface area contributed by atoms with E-state index in [1.165, 1.54) is 0 Å². The lowest BCUT2D eigenvalue weighted by atomic mass is 10.0. The summed E-state index contributed by atoms with van der Waals surface area (Å²) < 4.78 is 5.31. The van der Waals surface area contributed by atoms with Gasteiger partial charge in [-0.15, -0.1) is 0 Å². The number of nitrogens with one attached hydrogen (secondary N) is 1. The van der Waals surface area contributed by atoms with Crippen molar-refractivity contribution in [1.29, 1.82) is 0 Å². The number of benzene rings is 3. The van der Waals surface area contributed by atoms with Crippen LogP contribution in [0, 0.1) is 0 Å². The van der Waals surface area contributed by atoms with Gasteiger partial charge in [0.25, 0.3) is 0 Å². The molecule has 0 saturated carbocycles. The normalized spacial score (nSPS) is 12.4. The molecule has 1 heterocycles. The van der Waals surface area contributed by atoms with Crippen LogP contribution in [0.25, 0.3) is 22.0 Å². The van der Waals surface area contributed by atoms with Crippen LogP contribution in [0.4, 0.5) is 0 Å². The summed E-state index contributed by atoms with van der Waals surface area (Å²) in [5, 5.41) is 20.2. The standard InChI is InChI=1S/C24H25N3O2/c1-27(16-23(28)17-6-4-3-5-7-17)15-21-14-25-26-24(21)20-9-8-19-13-22(29-2)11-10-18(19)12-20/h3-14,23,28H,15-16H2,1-2H3,(H,25,26). The molecule has 0 radical (unpaired) electrons. The summed E-state index contributed by atoms with van der Waals surface area (Å²) in [6.07, 6.45) is 1.34. The van der Waals surface area contributed by atoms with E-state index >= 15 is 0 Å². The molecular weight excluding hydrogens is 362 g/mol. The highest BCUT2D eigenvalue weighted by atomic mass is 16.5. The molecule has 0 aliphatic heterocycles. The number of likely N-dealkylation sites (N-methyl/N-ethyl adjacent to an activating group) is 1. The highest BCUT2D eigenvalue weighted by molar-refractivity contribution is 5.88. The quantitative estimate of drug-likeness (QED) is 0.493. The summed E-state index contributed by atoms with van der Waals surface area (Å²) in [4.78, 5) is 2.11.